The molecule has 0 saturated heterocycles. The van der Waals surface area contributed by atoms with E-state index in [0.29, 0.717) is 11.6 Å². The molecule has 0 spiro atoms. The van der Waals surface area contributed by atoms with Gasteiger partial charge in [0.25, 0.3) is 5.91 Å². The van der Waals surface area contributed by atoms with Crippen LogP contribution in [-0.2, 0) is 0 Å². The van der Waals surface area contributed by atoms with Crippen molar-refractivity contribution in [1.29, 1.82) is 0 Å². The number of nitrogens with zero attached hydrogens (tertiary/aromatic N) is 1. The van der Waals surface area contributed by atoms with E-state index in [0.717, 1.165) is 16.6 Å². The van der Waals surface area contributed by atoms with E-state index in [1.165, 1.54) is 37.7 Å². The van der Waals surface area contributed by atoms with E-state index in [-0.39, 0.29) is 5.91 Å². The van der Waals surface area contributed by atoms with E-state index in [9.17, 15) is 4.79 Å². The quantitative estimate of drug-likeness (QED) is 0.724. The number of carbonyl (C=O) groups excluding carboxylic acids is 1. The van der Waals surface area contributed by atoms with Crippen molar-refractivity contribution < 1.29 is 4.79 Å². The van der Waals surface area contributed by atoms with Gasteiger partial charge < -0.3 is 5.32 Å². The lowest BCUT2D eigenvalue weighted by Crippen LogP contribution is -2.13. The van der Waals surface area contributed by atoms with Crippen LogP contribution in [0.15, 0.2) is 48.5 Å². The summed E-state index contributed by atoms with van der Waals surface area (Å²) in [7, 11) is 0. The third-order valence-corrected chi connectivity index (χ3v) is 4.93. The molecule has 3 aromatic rings. The highest BCUT2D eigenvalue weighted by molar-refractivity contribution is 6.11. The summed E-state index contributed by atoms with van der Waals surface area (Å²) < 4.78 is 0. The number of nitrogens with one attached hydrogen (secondary N) is 2. The molecule has 0 radical (unpaired) electrons. The van der Waals surface area contributed by atoms with Crippen LogP contribution in [0.4, 0.5) is 5.69 Å². The minimum absolute atomic E-state index is 0.183. The molecule has 1 aliphatic rings. The summed E-state index contributed by atoms with van der Waals surface area (Å²) >= 11 is 0. The summed E-state index contributed by atoms with van der Waals surface area (Å²) in [5.41, 5.74) is 3.50. The van der Waals surface area contributed by atoms with Gasteiger partial charge in [-0.1, -0.05) is 49.6 Å². The molecule has 1 heterocycles. The van der Waals surface area contributed by atoms with Crippen LogP contribution in [0.5, 0.6) is 0 Å². The maximum Gasteiger partial charge on any atom is 0.276 e. The molecular weight excluding hydrogens is 298 g/mol. The van der Waals surface area contributed by atoms with Crippen LogP contribution in [0.3, 0.4) is 0 Å². The summed E-state index contributed by atoms with van der Waals surface area (Å²) in [6.45, 7) is 0. The highest BCUT2D eigenvalue weighted by Gasteiger charge is 2.16. The Kier molecular flexibility index (Phi) is 4.03. The lowest BCUT2D eigenvalue weighted by molar-refractivity contribution is 0.102. The second-order valence-corrected chi connectivity index (χ2v) is 6.53. The van der Waals surface area contributed by atoms with Crippen LogP contribution in [0.25, 0.3) is 10.9 Å². The number of H-pyrrole nitrogens is 1. The van der Waals surface area contributed by atoms with Crippen LogP contribution in [-0.4, -0.2) is 16.1 Å². The van der Waals surface area contributed by atoms with E-state index >= 15 is 0 Å². The first-order valence-corrected chi connectivity index (χ1v) is 8.66. The van der Waals surface area contributed by atoms with Crippen molar-refractivity contribution in [1.82, 2.24) is 10.2 Å². The van der Waals surface area contributed by atoms with Gasteiger partial charge in [-0.2, -0.15) is 5.10 Å². The fourth-order valence-corrected chi connectivity index (χ4v) is 3.60. The lowest BCUT2D eigenvalue weighted by atomic mass is 9.84. The molecule has 2 aromatic carbocycles. The van der Waals surface area contributed by atoms with Gasteiger partial charge >= 0.3 is 0 Å². The van der Waals surface area contributed by atoms with Gasteiger partial charge in [0.05, 0.1) is 5.52 Å². The van der Waals surface area contributed by atoms with Crippen LogP contribution in [0.2, 0.25) is 0 Å². The summed E-state index contributed by atoms with van der Waals surface area (Å²) in [6.07, 6.45) is 6.59. The van der Waals surface area contributed by atoms with Crippen LogP contribution in [0.1, 0.15) is 54.1 Å². The van der Waals surface area contributed by atoms with Crippen molar-refractivity contribution in [2.24, 2.45) is 0 Å². The van der Waals surface area contributed by atoms with Gasteiger partial charge in [0.1, 0.15) is 0 Å². The Bertz CT molecular complexity index is 845. The van der Waals surface area contributed by atoms with Gasteiger partial charge in [0.2, 0.25) is 0 Å². The normalized spacial score (nSPS) is 15.5. The second-order valence-electron chi connectivity index (χ2n) is 6.53. The minimum atomic E-state index is -0.183. The van der Waals surface area contributed by atoms with E-state index in [1.54, 1.807) is 0 Å². The first kappa shape index (κ1) is 14.9. The molecule has 1 amide bonds. The third kappa shape index (κ3) is 2.92. The fraction of sp³-hybridized carbons (Fsp3) is 0.300. The highest BCUT2D eigenvalue weighted by Crippen LogP contribution is 2.33. The van der Waals surface area contributed by atoms with Crippen molar-refractivity contribution in [3.63, 3.8) is 0 Å². The van der Waals surface area contributed by atoms with Crippen molar-refractivity contribution in [3.05, 3.63) is 59.8 Å². The monoisotopic (exact) mass is 319 g/mol. The number of hydrogen-bond donors (Lipinski definition) is 2. The lowest BCUT2D eigenvalue weighted by Gasteiger charge is -2.22. The average molecular weight is 319 g/mol. The minimum Gasteiger partial charge on any atom is -0.321 e. The third-order valence-electron chi connectivity index (χ3n) is 4.93. The summed E-state index contributed by atoms with van der Waals surface area (Å²) in [4.78, 5) is 12.5. The molecule has 4 rings (SSSR count). The van der Waals surface area contributed by atoms with E-state index in [4.69, 9.17) is 0 Å². The maximum atomic E-state index is 12.5. The standard InChI is InChI=1S/C20H21N3O/c24-20(19-17-8-4-5-9-18(17)22-23-19)21-16-12-10-15(11-13-16)14-6-2-1-3-7-14/h4-5,8-14H,1-3,6-7H2,(H,21,24)(H,22,23). The Morgan fingerprint density at radius 1 is 1.00 bits per heavy atom. The van der Waals surface area contributed by atoms with Crippen LogP contribution >= 0.6 is 0 Å². The van der Waals surface area contributed by atoms with Crippen LogP contribution < -0.4 is 5.32 Å². The number of benzene rings is 2. The molecule has 122 valence electrons. The average Bonchev–Trinajstić information content (AvgIpc) is 3.07. The Hall–Kier alpha value is -2.62. The number of aromatic amines is 1. The number of amides is 1. The number of anilines is 1. The number of para-hydroxylation sites is 1. The van der Waals surface area contributed by atoms with Gasteiger partial charge in [-0.25, -0.2) is 0 Å². The van der Waals surface area contributed by atoms with Gasteiger partial charge in [-0.15, -0.1) is 0 Å². The van der Waals surface area contributed by atoms with Gasteiger partial charge in [0.15, 0.2) is 5.69 Å². The zero-order valence-corrected chi connectivity index (χ0v) is 13.6. The molecule has 1 saturated carbocycles. The largest absolute Gasteiger partial charge is 0.321 e. The Labute approximate surface area is 141 Å². The molecule has 0 aliphatic heterocycles. The Morgan fingerprint density at radius 3 is 2.54 bits per heavy atom. The molecule has 0 bridgehead atoms. The molecule has 2 N–H and O–H groups in total. The predicted octanol–water partition coefficient (Wildman–Crippen LogP) is 4.86. The molecule has 0 atom stereocenters. The van der Waals surface area contributed by atoms with E-state index in [1.807, 2.05) is 36.4 Å². The zero-order valence-electron chi connectivity index (χ0n) is 13.6. The van der Waals surface area contributed by atoms with Gasteiger partial charge in [-0.05, 0) is 42.5 Å². The second kappa shape index (κ2) is 6.48. The molecule has 4 heteroatoms. The van der Waals surface area contributed by atoms with Crippen molar-refractivity contribution in [3.8, 4) is 0 Å². The zero-order chi connectivity index (χ0) is 16.4. The number of aromatic nitrogens is 2. The molecule has 1 fully saturated rings. The molecule has 1 aromatic heterocycles. The van der Waals surface area contributed by atoms with Crippen molar-refractivity contribution in [2.45, 2.75) is 38.0 Å². The van der Waals surface area contributed by atoms with Crippen molar-refractivity contribution >= 4 is 22.5 Å². The Balaban J connectivity index is 1.49. The number of carbonyl (C=O) groups is 1. The van der Waals surface area contributed by atoms with E-state index < -0.39 is 0 Å². The summed E-state index contributed by atoms with van der Waals surface area (Å²) in [5.74, 6) is 0.497. The first-order chi connectivity index (χ1) is 11.8. The van der Waals surface area contributed by atoms with Gasteiger partial charge in [-0.3, -0.25) is 9.89 Å². The van der Waals surface area contributed by atoms with E-state index in [2.05, 4.69) is 27.6 Å². The van der Waals surface area contributed by atoms with Gasteiger partial charge in [0, 0.05) is 11.1 Å². The number of rotatable bonds is 3. The maximum absolute atomic E-state index is 12.5. The molecule has 4 nitrogen and oxygen atoms in total. The fourth-order valence-electron chi connectivity index (χ4n) is 3.60. The number of hydrogen-bond acceptors (Lipinski definition) is 2. The number of fused-ring (bicyclic) bond motifs is 1. The highest BCUT2D eigenvalue weighted by atomic mass is 16.1. The molecular formula is C20H21N3O. The predicted molar refractivity (Wildman–Crippen MR) is 96.3 cm³/mol. The summed E-state index contributed by atoms with van der Waals surface area (Å²) in [6, 6.07) is 15.9. The summed E-state index contributed by atoms with van der Waals surface area (Å²) in [5, 5.41) is 10.8. The molecule has 24 heavy (non-hydrogen) atoms. The SMILES string of the molecule is O=C(Nc1ccc(C2CCCCC2)cc1)c1n[nH]c2ccccc12. The smallest absolute Gasteiger partial charge is 0.276 e. The first-order valence-electron chi connectivity index (χ1n) is 8.66. The Morgan fingerprint density at radius 2 is 1.75 bits per heavy atom. The van der Waals surface area contributed by atoms with Crippen LogP contribution in [0, 0.1) is 0 Å². The van der Waals surface area contributed by atoms with Crippen molar-refractivity contribution in [2.75, 3.05) is 5.32 Å². The molecule has 0 unspecified atom stereocenters. The molecule has 1 aliphatic carbocycles. The topological polar surface area (TPSA) is 57.8 Å².